The molecule has 0 spiro atoms. The SMILES string of the molecule is Cc1ccc(OC2CCN(C(=O)C(N)Cc3ccccc3)CC2)cc1. The number of carbonyl (C=O) groups excluding carboxylic acids is 1. The van der Waals surface area contributed by atoms with Gasteiger partial charge in [-0.15, -0.1) is 0 Å². The number of likely N-dealkylation sites (tertiary alicyclic amines) is 1. The first-order chi connectivity index (χ1) is 12.1. The molecule has 2 aromatic carbocycles. The molecule has 0 saturated carbocycles. The van der Waals surface area contributed by atoms with Crippen LogP contribution in [0.3, 0.4) is 0 Å². The summed E-state index contributed by atoms with van der Waals surface area (Å²) in [5, 5.41) is 0. The Hall–Kier alpha value is -2.33. The highest BCUT2D eigenvalue weighted by Gasteiger charge is 2.27. The third-order valence-electron chi connectivity index (χ3n) is 4.69. The third kappa shape index (κ3) is 4.83. The number of hydrogen-bond donors (Lipinski definition) is 1. The molecule has 3 rings (SSSR count). The number of rotatable bonds is 5. The van der Waals surface area contributed by atoms with E-state index in [-0.39, 0.29) is 12.0 Å². The second-order valence-corrected chi connectivity index (χ2v) is 6.75. The Balaban J connectivity index is 1.48. The molecule has 0 aliphatic carbocycles. The normalized spacial score (nSPS) is 16.5. The summed E-state index contributed by atoms with van der Waals surface area (Å²) >= 11 is 0. The van der Waals surface area contributed by atoms with E-state index in [2.05, 4.69) is 19.1 Å². The molecule has 4 heteroatoms. The topological polar surface area (TPSA) is 55.6 Å². The van der Waals surface area contributed by atoms with Gasteiger partial charge in [0.15, 0.2) is 0 Å². The molecule has 2 N–H and O–H groups in total. The smallest absolute Gasteiger partial charge is 0.239 e. The maximum Gasteiger partial charge on any atom is 0.239 e. The van der Waals surface area contributed by atoms with Crippen molar-refractivity contribution < 1.29 is 9.53 Å². The van der Waals surface area contributed by atoms with Gasteiger partial charge in [-0.2, -0.15) is 0 Å². The maximum atomic E-state index is 12.6. The highest BCUT2D eigenvalue weighted by atomic mass is 16.5. The molecule has 0 aromatic heterocycles. The van der Waals surface area contributed by atoms with Crippen LogP contribution in [0, 0.1) is 6.92 Å². The van der Waals surface area contributed by atoms with Gasteiger partial charge in [0.2, 0.25) is 5.91 Å². The molecule has 1 fully saturated rings. The Morgan fingerprint density at radius 3 is 2.40 bits per heavy atom. The number of carbonyl (C=O) groups is 1. The summed E-state index contributed by atoms with van der Waals surface area (Å²) < 4.78 is 6.03. The Labute approximate surface area is 149 Å². The van der Waals surface area contributed by atoms with Crippen molar-refractivity contribution in [2.24, 2.45) is 5.73 Å². The summed E-state index contributed by atoms with van der Waals surface area (Å²) in [6, 6.07) is 17.6. The fourth-order valence-electron chi connectivity index (χ4n) is 3.19. The average Bonchev–Trinajstić information content (AvgIpc) is 2.64. The van der Waals surface area contributed by atoms with E-state index in [1.807, 2.05) is 47.4 Å². The number of piperidine rings is 1. The van der Waals surface area contributed by atoms with Crippen LogP contribution in [0.5, 0.6) is 5.75 Å². The highest BCUT2D eigenvalue weighted by molar-refractivity contribution is 5.82. The Morgan fingerprint density at radius 1 is 1.12 bits per heavy atom. The Kier molecular flexibility index (Phi) is 5.71. The minimum absolute atomic E-state index is 0.0395. The summed E-state index contributed by atoms with van der Waals surface area (Å²) in [5.74, 6) is 0.939. The van der Waals surface area contributed by atoms with Crippen molar-refractivity contribution in [1.82, 2.24) is 4.90 Å². The quantitative estimate of drug-likeness (QED) is 0.912. The molecular weight excluding hydrogens is 312 g/mol. The standard InChI is InChI=1S/C21H26N2O2/c1-16-7-9-18(10-8-16)25-19-11-13-23(14-12-19)21(24)20(22)15-17-5-3-2-4-6-17/h2-10,19-20H,11-15,22H2,1H3. The van der Waals surface area contributed by atoms with Crippen LogP contribution in [0.15, 0.2) is 54.6 Å². The number of aryl methyl sites for hydroxylation is 1. The third-order valence-corrected chi connectivity index (χ3v) is 4.69. The van der Waals surface area contributed by atoms with E-state index in [0.717, 1.165) is 24.2 Å². The van der Waals surface area contributed by atoms with Crippen molar-refractivity contribution in [3.63, 3.8) is 0 Å². The van der Waals surface area contributed by atoms with Crippen molar-refractivity contribution >= 4 is 5.91 Å². The fraction of sp³-hybridized carbons (Fsp3) is 0.381. The van der Waals surface area contributed by atoms with Gasteiger partial charge in [0.25, 0.3) is 0 Å². The van der Waals surface area contributed by atoms with Gasteiger partial charge in [-0.1, -0.05) is 48.0 Å². The molecule has 0 radical (unpaired) electrons. The molecule has 1 amide bonds. The van der Waals surface area contributed by atoms with E-state index >= 15 is 0 Å². The van der Waals surface area contributed by atoms with Crippen molar-refractivity contribution in [2.45, 2.75) is 38.3 Å². The van der Waals surface area contributed by atoms with Crippen LogP contribution in [0.25, 0.3) is 0 Å². The lowest BCUT2D eigenvalue weighted by Crippen LogP contribution is -2.49. The van der Waals surface area contributed by atoms with E-state index in [0.29, 0.717) is 19.5 Å². The van der Waals surface area contributed by atoms with E-state index < -0.39 is 6.04 Å². The summed E-state index contributed by atoms with van der Waals surface area (Å²) in [7, 11) is 0. The molecule has 1 atom stereocenters. The van der Waals surface area contributed by atoms with Crippen molar-refractivity contribution in [2.75, 3.05) is 13.1 Å². The minimum Gasteiger partial charge on any atom is -0.490 e. The monoisotopic (exact) mass is 338 g/mol. The number of amides is 1. The number of nitrogens with zero attached hydrogens (tertiary/aromatic N) is 1. The summed E-state index contributed by atoms with van der Waals surface area (Å²) in [6.45, 7) is 3.47. The van der Waals surface area contributed by atoms with Gasteiger partial charge in [-0.05, 0) is 31.0 Å². The number of ether oxygens (including phenoxy) is 1. The largest absolute Gasteiger partial charge is 0.490 e. The van der Waals surface area contributed by atoms with Crippen LogP contribution >= 0.6 is 0 Å². The van der Waals surface area contributed by atoms with Crippen LogP contribution in [-0.4, -0.2) is 36.0 Å². The van der Waals surface area contributed by atoms with Gasteiger partial charge in [0.1, 0.15) is 11.9 Å². The fourth-order valence-corrected chi connectivity index (χ4v) is 3.19. The van der Waals surface area contributed by atoms with Crippen LogP contribution in [0.4, 0.5) is 0 Å². The maximum absolute atomic E-state index is 12.6. The summed E-state index contributed by atoms with van der Waals surface area (Å²) in [4.78, 5) is 14.4. The first-order valence-corrected chi connectivity index (χ1v) is 8.93. The van der Waals surface area contributed by atoms with Gasteiger partial charge in [-0.25, -0.2) is 0 Å². The van der Waals surface area contributed by atoms with Gasteiger partial charge >= 0.3 is 0 Å². The molecular formula is C21H26N2O2. The summed E-state index contributed by atoms with van der Waals surface area (Å²) in [5.41, 5.74) is 8.45. The Morgan fingerprint density at radius 2 is 1.76 bits per heavy atom. The lowest BCUT2D eigenvalue weighted by molar-refractivity contribution is -0.134. The van der Waals surface area contributed by atoms with Crippen LogP contribution in [0.2, 0.25) is 0 Å². The molecule has 1 heterocycles. The predicted molar refractivity (Wildman–Crippen MR) is 99.5 cm³/mol. The predicted octanol–water partition coefficient (Wildman–Crippen LogP) is 2.93. The molecule has 1 aliphatic rings. The van der Waals surface area contributed by atoms with Crippen LogP contribution in [-0.2, 0) is 11.2 Å². The lowest BCUT2D eigenvalue weighted by atomic mass is 10.0. The van der Waals surface area contributed by atoms with Gasteiger partial charge in [0, 0.05) is 25.9 Å². The van der Waals surface area contributed by atoms with Crippen LogP contribution < -0.4 is 10.5 Å². The molecule has 4 nitrogen and oxygen atoms in total. The van der Waals surface area contributed by atoms with E-state index in [1.165, 1.54) is 5.56 Å². The van der Waals surface area contributed by atoms with Crippen LogP contribution in [0.1, 0.15) is 24.0 Å². The Bertz CT molecular complexity index is 677. The minimum atomic E-state index is -0.475. The molecule has 0 bridgehead atoms. The van der Waals surface area contributed by atoms with Crippen molar-refractivity contribution in [3.05, 3.63) is 65.7 Å². The zero-order valence-corrected chi connectivity index (χ0v) is 14.7. The molecule has 1 unspecified atom stereocenters. The molecule has 25 heavy (non-hydrogen) atoms. The number of hydrogen-bond acceptors (Lipinski definition) is 3. The zero-order valence-electron chi connectivity index (χ0n) is 14.7. The van der Waals surface area contributed by atoms with E-state index in [9.17, 15) is 4.79 Å². The van der Waals surface area contributed by atoms with Crippen molar-refractivity contribution in [3.8, 4) is 5.75 Å². The molecule has 132 valence electrons. The molecule has 1 aliphatic heterocycles. The zero-order chi connectivity index (χ0) is 17.6. The van der Waals surface area contributed by atoms with Crippen molar-refractivity contribution in [1.29, 1.82) is 0 Å². The van der Waals surface area contributed by atoms with E-state index in [1.54, 1.807) is 0 Å². The first kappa shape index (κ1) is 17.5. The van der Waals surface area contributed by atoms with Gasteiger partial charge < -0.3 is 15.4 Å². The van der Waals surface area contributed by atoms with E-state index in [4.69, 9.17) is 10.5 Å². The molecule has 1 saturated heterocycles. The second kappa shape index (κ2) is 8.17. The highest BCUT2D eigenvalue weighted by Crippen LogP contribution is 2.20. The number of benzene rings is 2. The van der Waals surface area contributed by atoms with Gasteiger partial charge in [0.05, 0.1) is 6.04 Å². The first-order valence-electron chi connectivity index (χ1n) is 8.93. The lowest BCUT2D eigenvalue weighted by Gasteiger charge is -2.33. The average molecular weight is 338 g/mol. The van der Waals surface area contributed by atoms with Gasteiger partial charge in [-0.3, -0.25) is 4.79 Å². The molecule has 2 aromatic rings. The second-order valence-electron chi connectivity index (χ2n) is 6.75. The number of nitrogens with two attached hydrogens (primary N) is 1. The summed E-state index contributed by atoms with van der Waals surface area (Å²) in [6.07, 6.45) is 2.44.